The van der Waals surface area contributed by atoms with Gasteiger partial charge in [-0.25, -0.2) is 9.50 Å². The molecule has 9 heteroatoms. The van der Waals surface area contributed by atoms with Crippen molar-refractivity contribution in [2.45, 2.75) is 20.0 Å². The van der Waals surface area contributed by atoms with Crippen LogP contribution >= 0.6 is 11.3 Å². The van der Waals surface area contributed by atoms with Gasteiger partial charge in [0.15, 0.2) is 5.65 Å². The molecule has 0 bridgehead atoms. The number of hydrogen-bond donors (Lipinski definition) is 1. The summed E-state index contributed by atoms with van der Waals surface area (Å²) in [5, 5.41) is 9.22. The second-order valence-electron chi connectivity index (χ2n) is 6.65. The van der Waals surface area contributed by atoms with Crippen molar-refractivity contribution in [3.05, 3.63) is 62.6 Å². The predicted octanol–water partition coefficient (Wildman–Crippen LogP) is 1.95. The van der Waals surface area contributed by atoms with Gasteiger partial charge >= 0.3 is 0 Å². The number of rotatable bonds is 2. The van der Waals surface area contributed by atoms with E-state index >= 15 is 0 Å². The van der Waals surface area contributed by atoms with Crippen LogP contribution in [0.2, 0.25) is 0 Å². The van der Waals surface area contributed by atoms with Crippen molar-refractivity contribution in [2.75, 3.05) is 0 Å². The second kappa shape index (κ2) is 5.65. The van der Waals surface area contributed by atoms with Crippen LogP contribution < -0.4 is 5.56 Å². The van der Waals surface area contributed by atoms with E-state index in [1.807, 2.05) is 24.4 Å². The molecule has 1 aliphatic heterocycles. The van der Waals surface area contributed by atoms with E-state index < -0.39 is 0 Å². The molecule has 1 amide bonds. The molecule has 1 N–H and O–H groups in total. The molecule has 8 nitrogen and oxygen atoms in total. The Hall–Kier alpha value is -3.20. The van der Waals surface area contributed by atoms with Crippen LogP contribution in [0, 0.1) is 6.92 Å². The Morgan fingerprint density at radius 3 is 2.89 bits per heavy atom. The molecule has 5 heterocycles. The van der Waals surface area contributed by atoms with E-state index in [-0.39, 0.29) is 18.0 Å². The first kappa shape index (κ1) is 16.0. The minimum atomic E-state index is -0.151. The summed E-state index contributed by atoms with van der Waals surface area (Å²) in [7, 11) is 1.76. The number of aromatic amines is 1. The standard InChI is InChI=1S/C18H16N6O2S/c1-10-15(14-4-3-5-27-14)21-24-16(10)20-13-9-23(8-12(13)18(24)26)17(25)11-6-19-22(2)7-11/h3-7,21H,8-9H2,1-2H3. The fraction of sp³-hybridized carbons (Fsp3) is 0.222. The molecule has 4 aromatic rings. The van der Waals surface area contributed by atoms with Crippen molar-refractivity contribution in [1.29, 1.82) is 0 Å². The monoisotopic (exact) mass is 380 g/mol. The van der Waals surface area contributed by atoms with E-state index in [0.717, 1.165) is 16.1 Å². The normalized spacial score (nSPS) is 13.5. The molecule has 0 unspecified atom stereocenters. The quantitative estimate of drug-likeness (QED) is 0.576. The Bertz CT molecular complexity index is 1250. The highest BCUT2D eigenvalue weighted by Gasteiger charge is 2.30. The van der Waals surface area contributed by atoms with Crippen LogP contribution in [-0.2, 0) is 20.1 Å². The smallest absolute Gasteiger partial charge is 0.278 e. The first-order chi connectivity index (χ1) is 13.0. The van der Waals surface area contributed by atoms with Gasteiger partial charge in [-0.2, -0.15) is 5.10 Å². The van der Waals surface area contributed by atoms with Crippen molar-refractivity contribution in [3.63, 3.8) is 0 Å². The van der Waals surface area contributed by atoms with Crippen LogP contribution in [0.15, 0.2) is 34.7 Å². The van der Waals surface area contributed by atoms with Crippen LogP contribution in [0.1, 0.15) is 27.2 Å². The maximum Gasteiger partial charge on any atom is 0.278 e. The van der Waals surface area contributed by atoms with Crippen molar-refractivity contribution in [2.24, 2.45) is 7.05 Å². The third-order valence-electron chi connectivity index (χ3n) is 4.89. The fourth-order valence-corrected chi connectivity index (χ4v) is 4.28. The molecular weight excluding hydrogens is 364 g/mol. The molecule has 5 rings (SSSR count). The number of H-pyrrole nitrogens is 1. The van der Waals surface area contributed by atoms with E-state index in [1.54, 1.807) is 34.2 Å². The van der Waals surface area contributed by atoms with E-state index in [9.17, 15) is 9.59 Å². The summed E-state index contributed by atoms with van der Waals surface area (Å²) in [6.07, 6.45) is 3.21. The summed E-state index contributed by atoms with van der Waals surface area (Å²) in [4.78, 5) is 33.1. The Labute approximate surface area is 157 Å². The van der Waals surface area contributed by atoms with Gasteiger partial charge in [0.25, 0.3) is 11.5 Å². The van der Waals surface area contributed by atoms with Gasteiger partial charge in [0, 0.05) is 18.8 Å². The van der Waals surface area contributed by atoms with Gasteiger partial charge < -0.3 is 4.90 Å². The summed E-state index contributed by atoms with van der Waals surface area (Å²) in [5.41, 5.74) is 4.02. The molecule has 0 fully saturated rings. The first-order valence-electron chi connectivity index (χ1n) is 8.48. The Kier molecular flexibility index (Phi) is 3.35. The number of amides is 1. The zero-order valence-corrected chi connectivity index (χ0v) is 15.6. The van der Waals surface area contributed by atoms with Crippen molar-refractivity contribution >= 4 is 22.9 Å². The minimum absolute atomic E-state index is 0.148. The number of nitrogens with zero attached hydrogens (tertiary/aromatic N) is 5. The molecule has 0 atom stereocenters. The number of fused-ring (bicyclic) bond motifs is 2. The van der Waals surface area contributed by atoms with Gasteiger partial charge in [-0.1, -0.05) is 6.07 Å². The summed E-state index contributed by atoms with van der Waals surface area (Å²) < 4.78 is 3.07. The van der Waals surface area contributed by atoms with E-state index in [0.29, 0.717) is 29.0 Å². The highest BCUT2D eigenvalue weighted by atomic mass is 32.1. The lowest BCUT2D eigenvalue weighted by Gasteiger charge is -2.13. The maximum atomic E-state index is 13.0. The van der Waals surface area contributed by atoms with Crippen LogP contribution in [0.4, 0.5) is 0 Å². The predicted molar refractivity (Wildman–Crippen MR) is 101 cm³/mol. The van der Waals surface area contributed by atoms with Crippen LogP contribution in [0.3, 0.4) is 0 Å². The average Bonchev–Trinajstić information content (AvgIpc) is 3.42. The molecule has 0 saturated carbocycles. The molecule has 136 valence electrons. The van der Waals surface area contributed by atoms with Crippen molar-refractivity contribution < 1.29 is 4.79 Å². The highest BCUT2D eigenvalue weighted by Crippen LogP contribution is 2.29. The Balaban J connectivity index is 1.56. The van der Waals surface area contributed by atoms with Crippen LogP contribution in [0.25, 0.3) is 16.2 Å². The molecule has 0 aliphatic carbocycles. The molecule has 1 aliphatic rings. The number of carbonyl (C=O) groups excluding carboxylic acids is 1. The topological polar surface area (TPSA) is 88.3 Å². The summed E-state index contributed by atoms with van der Waals surface area (Å²) in [5.74, 6) is -0.148. The lowest BCUT2D eigenvalue weighted by Crippen LogP contribution is -2.26. The number of carbonyl (C=O) groups is 1. The molecule has 0 radical (unpaired) electrons. The second-order valence-corrected chi connectivity index (χ2v) is 7.60. The molecule has 27 heavy (non-hydrogen) atoms. The van der Waals surface area contributed by atoms with Gasteiger partial charge in [-0.15, -0.1) is 11.3 Å². The van der Waals surface area contributed by atoms with Crippen LogP contribution in [0.5, 0.6) is 0 Å². The Morgan fingerprint density at radius 2 is 2.19 bits per heavy atom. The van der Waals surface area contributed by atoms with Crippen LogP contribution in [-0.4, -0.2) is 35.2 Å². The number of nitrogens with one attached hydrogen (secondary N) is 1. The SMILES string of the molecule is Cc1c(-c2cccs2)[nH]n2c(=O)c3c(nc12)CN(C(=O)c1cnn(C)c1)C3. The molecular formula is C18H16N6O2S. The lowest BCUT2D eigenvalue weighted by molar-refractivity contribution is 0.0750. The van der Waals surface area contributed by atoms with Gasteiger partial charge in [-0.3, -0.25) is 19.4 Å². The summed E-state index contributed by atoms with van der Waals surface area (Å²) in [6, 6.07) is 3.98. The van der Waals surface area contributed by atoms with E-state index in [4.69, 9.17) is 4.98 Å². The summed E-state index contributed by atoms with van der Waals surface area (Å²) in [6.45, 7) is 2.53. The number of hydrogen-bond acceptors (Lipinski definition) is 5. The Morgan fingerprint density at radius 1 is 1.33 bits per heavy atom. The molecule has 0 aromatic carbocycles. The first-order valence-corrected chi connectivity index (χ1v) is 9.36. The molecule has 4 aromatic heterocycles. The van der Waals surface area contributed by atoms with Crippen molar-refractivity contribution in [1.82, 2.24) is 29.3 Å². The molecule has 0 spiro atoms. The maximum absolute atomic E-state index is 13.0. The largest absolute Gasteiger partial charge is 0.328 e. The fourth-order valence-electron chi connectivity index (χ4n) is 3.50. The zero-order chi connectivity index (χ0) is 18.7. The van der Waals surface area contributed by atoms with Crippen molar-refractivity contribution in [3.8, 4) is 10.6 Å². The average molecular weight is 380 g/mol. The third kappa shape index (κ3) is 2.35. The van der Waals surface area contributed by atoms with E-state index in [1.165, 1.54) is 10.7 Å². The lowest BCUT2D eigenvalue weighted by atomic mass is 10.2. The molecule has 0 saturated heterocycles. The highest BCUT2D eigenvalue weighted by molar-refractivity contribution is 7.13. The number of aromatic nitrogens is 5. The van der Waals surface area contributed by atoms with E-state index in [2.05, 4.69) is 10.2 Å². The summed E-state index contributed by atoms with van der Waals surface area (Å²) >= 11 is 1.61. The van der Waals surface area contributed by atoms with Gasteiger partial charge in [0.2, 0.25) is 0 Å². The third-order valence-corrected chi connectivity index (χ3v) is 5.78. The number of thiophene rings is 1. The van der Waals surface area contributed by atoms with Gasteiger partial charge in [0.1, 0.15) is 0 Å². The minimum Gasteiger partial charge on any atom is -0.328 e. The number of aryl methyl sites for hydroxylation is 2. The van der Waals surface area contributed by atoms with Gasteiger partial charge in [-0.05, 0) is 18.4 Å². The zero-order valence-electron chi connectivity index (χ0n) is 14.8. The van der Waals surface area contributed by atoms with Gasteiger partial charge in [0.05, 0.1) is 46.7 Å².